The Balaban J connectivity index is 1.97. The number of aliphatic imine (C=N–C) groups is 1. The standard InChI is InChI=1S/C22H35N5O2/c1-7-16(8-2)19-13-17(29-26-19)14-24-22(23-3)25-15-20(27(4)5)18-11-9-10-12-21(18)28-6/h9-13,16,20H,7-8,14-15H2,1-6H3,(H2,23,24,25). The molecule has 7 nitrogen and oxygen atoms in total. The molecule has 1 aromatic carbocycles. The van der Waals surface area contributed by atoms with Gasteiger partial charge in [0.1, 0.15) is 5.75 Å². The number of likely N-dealkylation sites (N-methyl/N-ethyl adjacent to an activating group) is 1. The summed E-state index contributed by atoms with van der Waals surface area (Å²) in [7, 11) is 7.58. The molecule has 0 fully saturated rings. The van der Waals surface area contributed by atoms with Crippen LogP contribution in [0.15, 0.2) is 39.8 Å². The summed E-state index contributed by atoms with van der Waals surface area (Å²) in [5, 5.41) is 10.9. The second kappa shape index (κ2) is 11.5. The fourth-order valence-corrected chi connectivity index (χ4v) is 3.41. The molecule has 29 heavy (non-hydrogen) atoms. The first-order chi connectivity index (χ1) is 14.0. The lowest BCUT2D eigenvalue weighted by Crippen LogP contribution is -2.41. The van der Waals surface area contributed by atoms with Crippen LogP contribution in [-0.4, -0.2) is 50.8 Å². The molecule has 1 atom stereocenters. The molecule has 1 heterocycles. The Morgan fingerprint density at radius 3 is 2.55 bits per heavy atom. The molecule has 1 aromatic heterocycles. The number of rotatable bonds is 10. The molecule has 0 aliphatic rings. The number of nitrogens with one attached hydrogen (secondary N) is 2. The number of para-hydroxylation sites is 1. The molecule has 160 valence electrons. The largest absolute Gasteiger partial charge is 0.496 e. The molecule has 0 spiro atoms. The van der Waals surface area contributed by atoms with E-state index in [-0.39, 0.29) is 6.04 Å². The normalized spacial score (nSPS) is 13.0. The second-order valence-corrected chi connectivity index (χ2v) is 7.26. The van der Waals surface area contributed by atoms with E-state index in [2.05, 4.69) is 59.7 Å². The van der Waals surface area contributed by atoms with Gasteiger partial charge in [0.2, 0.25) is 0 Å². The van der Waals surface area contributed by atoms with Crippen LogP contribution in [0.2, 0.25) is 0 Å². The van der Waals surface area contributed by atoms with Crippen LogP contribution < -0.4 is 15.4 Å². The number of hydrogen-bond acceptors (Lipinski definition) is 5. The van der Waals surface area contributed by atoms with Gasteiger partial charge >= 0.3 is 0 Å². The van der Waals surface area contributed by atoms with Crippen molar-refractivity contribution in [3.05, 3.63) is 47.3 Å². The Labute approximate surface area is 174 Å². The van der Waals surface area contributed by atoms with E-state index >= 15 is 0 Å². The van der Waals surface area contributed by atoms with Crippen molar-refractivity contribution in [2.75, 3.05) is 34.8 Å². The van der Waals surface area contributed by atoms with E-state index in [1.807, 2.05) is 24.3 Å². The van der Waals surface area contributed by atoms with Gasteiger partial charge in [-0.3, -0.25) is 4.99 Å². The highest BCUT2D eigenvalue weighted by Crippen LogP contribution is 2.27. The number of guanidine groups is 1. The first-order valence-corrected chi connectivity index (χ1v) is 10.2. The quantitative estimate of drug-likeness (QED) is 0.468. The molecule has 7 heteroatoms. The van der Waals surface area contributed by atoms with E-state index in [4.69, 9.17) is 9.26 Å². The predicted octanol–water partition coefficient (Wildman–Crippen LogP) is 3.55. The Kier molecular flexibility index (Phi) is 8.99. The van der Waals surface area contributed by atoms with Crippen LogP contribution in [-0.2, 0) is 6.54 Å². The Morgan fingerprint density at radius 2 is 1.93 bits per heavy atom. The van der Waals surface area contributed by atoms with Gasteiger partial charge in [-0.15, -0.1) is 0 Å². The lowest BCUT2D eigenvalue weighted by atomic mass is 9.99. The van der Waals surface area contributed by atoms with Gasteiger partial charge in [-0.2, -0.15) is 0 Å². The third kappa shape index (κ3) is 6.22. The van der Waals surface area contributed by atoms with Crippen LogP contribution in [0.4, 0.5) is 0 Å². The van der Waals surface area contributed by atoms with E-state index < -0.39 is 0 Å². The molecule has 2 rings (SSSR count). The summed E-state index contributed by atoms with van der Waals surface area (Å²) < 4.78 is 11.0. The van der Waals surface area contributed by atoms with Crippen molar-refractivity contribution in [2.24, 2.45) is 4.99 Å². The molecule has 0 saturated carbocycles. The van der Waals surface area contributed by atoms with Crippen LogP contribution >= 0.6 is 0 Å². The van der Waals surface area contributed by atoms with Gasteiger partial charge in [0.05, 0.1) is 25.4 Å². The summed E-state index contributed by atoms with van der Waals surface area (Å²) in [5.74, 6) is 2.86. The topological polar surface area (TPSA) is 74.9 Å². The van der Waals surface area contributed by atoms with Gasteiger partial charge in [-0.1, -0.05) is 37.2 Å². The van der Waals surface area contributed by atoms with Gasteiger partial charge in [-0.05, 0) is 33.0 Å². The third-order valence-electron chi connectivity index (χ3n) is 5.22. The molecule has 1 unspecified atom stereocenters. The highest BCUT2D eigenvalue weighted by molar-refractivity contribution is 5.79. The first-order valence-electron chi connectivity index (χ1n) is 10.2. The Morgan fingerprint density at radius 1 is 1.21 bits per heavy atom. The minimum Gasteiger partial charge on any atom is -0.496 e. The molecule has 0 bridgehead atoms. The number of ether oxygens (including phenoxy) is 1. The molecular weight excluding hydrogens is 366 g/mol. The number of aromatic nitrogens is 1. The molecular formula is C22H35N5O2. The van der Waals surface area contributed by atoms with Crippen LogP contribution in [0, 0.1) is 0 Å². The first kappa shape index (κ1) is 22.7. The number of nitrogens with zero attached hydrogens (tertiary/aromatic N) is 3. The highest BCUT2D eigenvalue weighted by Gasteiger charge is 2.19. The van der Waals surface area contributed by atoms with E-state index in [0.29, 0.717) is 25.0 Å². The van der Waals surface area contributed by atoms with Gasteiger partial charge in [-0.25, -0.2) is 0 Å². The maximum atomic E-state index is 5.54. The zero-order valence-corrected chi connectivity index (χ0v) is 18.5. The van der Waals surface area contributed by atoms with Crippen molar-refractivity contribution < 1.29 is 9.26 Å². The maximum absolute atomic E-state index is 5.54. The van der Waals surface area contributed by atoms with Crippen LogP contribution in [0.25, 0.3) is 0 Å². The molecule has 2 aromatic rings. The average Bonchev–Trinajstić information content (AvgIpc) is 3.20. The maximum Gasteiger partial charge on any atom is 0.191 e. The zero-order valence-electron chi connectivity index (χ0n) is 18.5. The van der Waals surface area contributed by atoms with Gasteiger partial charge in [0.25, 0.3) is 0 Å². The Hall–Kier alpha value is -2.54. The average molecular weight is 402 g/mol. The summed E-state index contributed by atoms with van der Waals surface area (Å²) in [5.41, 5.74) is 2.16. The zero-order chi connectivity index (χ0) is 21.2. The van der Waals surface area contributed by atoms with Crippen molar-refractivity contribution in [1.82, 2.24) is 20.7 Å². The molecule has 0 aliphatic heterocycles. The summed E-state index contributed by atoms with van der Waals surface area (Å²) >= 11 is 0. The van der Waals surface area contributed by atoms with Crippen molar-refractivity contribution in [3.8, 4) is 5.75 Å². The van der Waals surface area contributed by atoms with Crippen molar-refractivity contribution in [3.63, 3.8) is 0 Å². The van der Waals surface area contributed by atoms with E-state index in [1.165, 1.54) is 0 Å². The predicted molar refractivity (Wildman–Crippen MR) is 117 cm³/mol. The fraction of sp³-hybridized carbons (Fsp3) is 0.545. The van der Waals surface area contributed by atoms with E-state index in [0.717, 1.165) is 35.6 Å². The number of benzene rings is 1. The van der Waals surface area contributed by atoms with E-state index in [9.17, 15) is 0 Å². The fourth-order valence-electron chi connectivity index (χ4n) is 3.41. The molecule has 0 aliphatic carbocycles. The molecule has 0 radical (unpaired) electrons. The summed E-state index contributed by atoms with van der Waals surface area (Å²) in [6, 6.07) is 10.3. The van der Waals surface area contributed by atoms with Crippen molar-refractivity contribution in [2.45, 2.75) is 45.2 Å². The van der Waals surface area contributed by atoms with E-state index in [1.54, 1.807) is 14.2 Å². The van der Waals surface area contributed by atoms with Crippen molar-refractivity contribution in [1.29, 1.82) is 0 Å². The van der Waals surface area contributed by atoms with Gasteiger partial charge in [0.15, 0.2) is 11.7 Å². The van der Waals surface area contributed by atoms with Gasteiger partial charge < -0.3 is 24.8 Å². The van der Waals surface area contributed by atoms with Gasteiger partial charge in [0, 0.05) is 31.1 Å². The monoisotopic (exact) mass is 401 g/mol. The summed E-state index contributed by atoms with van der Waals surface area (Å²) in [4.78, 5) is 6.49. The van der Waals surface area contributed by atoms with Crippen molar-refractivity contribution >= 4 is 5.96 Å². The van der Waals surface area contributed by atoms with Crippen LogP contribution in [0.1, 0.15) is 55.7 Å². The molecule has 0 saturated heterocycles. The lowest BCUT2D eigenvalue weighted by Gasteiger charge is -2.27. The highest BCUT2D eigenvalue weighted by atomic mass is 16.5. The second-order valence-electron chi connectivity index (χ2n) is 7.26. The summed E-state index contributed by atoms with van der Waals surface area (Å²) in [6.45, 7) is 5.57. The lowest BCUT2D eigenvalue weighted by molar-refractivity contribution is 0.287. The minimum absolute atomic E-state index is 0.136. The number of hydrogen-bond donors (Lipinski definition) is 2. The Bertz CT molecular complexity index is 768. The number of methoxy groups -OCH3 is 1. The third-order valence-corrected chi connectivity index (χ3v) is 5.22. The van der Waals surface area contributed by atoms with Crippen LogP contribution in [0.3, 0.4) is 0 Å². The minimum atomic E-state index is 0.136. The summed E-state index contributed by atoms with van der Waals surface area (Å²) in [6.07, 6.45) is 2.13. The molecule has 2 N–H and O–H groups in total. The SMILES string of the molecule is CCC(CC)c1cc(CNC(=NC)NCC(c2ccccc2OC)N(C)C)on1. The smallest absolute Gasteiger partial charge is 0.191 e. The molecule has 0 amide bonds. The van der Waals surface area contributed by atoms with Crippen LogP contribution in [0.5, 0.6) is 5.75 Å².